The standard InChI is InChI=1S/C30H31N3O2S/c34-29(31-16-19-33-17-14-24(15-18-33)20-22-6-2-1-3-7-22)25-12-10-23(11-13-25)21-28-30(35)32-26-8-4-5-9-27(26)36-28/h1-13,21,24H,14-20H2,(H,31,34)(H,32,35)/p+1. The Morgan fingerprint density at radius 3 is 2.47 bits per heavy atom. The Morgan fingerprint density at radius 2 is 1.69 bits per heavy atom. The SMILES string of the molecule is O=C1Nc2ccccc2SC1=Cc1ccc(C(=O)NCC[NH+]2CCC(Cc3ccccc3)CC2)cc1. The van der Waals surface area contributed by atoms with Crippen molar-refractivity contribution in [2.45, 2.75) is 24.2 Å². The molecule has 5 nitrogen and oxygen atoms in total. The first-order valence-corrected chi connectivity index (χ1v) is 13.5. The summed E-state index contributed by atoms with van der Waals surface area (Å²) in [6.07, 6.45) is 5.53. The van der Waals surface area contributed by atoms with Gasteiger partial charge >= 0.3 is 0 Å². The third-order valence-corrected chi connectivity index (χ3v) is 8.09. The van der Waals surface area contributed by atoms with Crippen LogP contribution in [-0.4, -0.2) is 38.0 Å². The summed E-state index contributed by atoms with van der Waals surface area (Å²) in [5.74, 6) is 0.616. The van der Waals surface area contributed by atoms with E-state index in [1.54, 1.807) is 4.90 Å². The van der Waals surface area contributed by atoms with Crippen molar-refractivity contribution in [3.63, 3.8) is 0 Å². The van der Waals surface area contributed by atoms with Crippen LogP contribution in [0, 0.1) is 5.92 Å². The molecule has 184 valence electrons. The molecule has 0 saturated carbocycles. The van der Waals surface area contributed by atoms with Crippen molar-refractivity contribution < 1.29 is 14.5 Å². The van der Waals surface area contributed by atoms with Crippen LogP contribution in [0.2, 0.25) is 0 Å². The second-order valence-corrected chi connectivity index (χ2v) is 10.7. The second kappa shape index (κ2) is 11.6. The lowest BCUT2D eigenvalue weighted by Gasteiger charge is -2.29. The number of amides is 2. The average molecular weight is 499 g/mol. The molecule has 5 rings (SSSR count). The van der Waals surface area contributed by atoms with Gasteiger partial charge in [-0.3, -0.25) is 9.59 Å². The molecule has 0 unspecified atom stereocenters. The van der Waals surface area contributed by atoms with Crippen LogP contribution in [-0.2, 0) is 11.2 Å². The fourth-order valence-corrected chi connectivity index (χ4v) is 5.88. The van der Waals surface area contributed by atoms with Gasteiger partial charge in [0, 0.05) is 10.5 Å². The zero-order valence-electron chi connectivity index (χ0n) is 20.3. The number of nitrogens with one attached hydrogen (secondary N) is 3. The Hall–Kier alpha value is -3.35. The van der Waals surface area contributed by atoms with Crippen molar-refractivity contribution in [2.24, 2.45) is 5.92 Å². The van der Waals surface area contributed by atoms with Crippen molar-refractivity contribution in [1.82, 2.24) is 5.32 Å². The minimum Gasteiger partial charge on any atom is -0.346 e. The Bertz CT molecular complexity index is 1230. The summed E-state index contributed by atoms with van der Waals surface area (Å²) in [4.78, 5) is 28.3. The molecular weight excluding hydrogens is 466 g/mol. The molecule has 2 heterocycles. The molecule has 0 radical (unpaired) electrons. The number of fused-ring (bicyclic) bond motifs is 1. The maximum Gasteiger partial charge on any atom is 0.262 e. The molecule has 0 aromatic heterocycles. The third kappa shape index (κ3) is 6.25. The van der Waals surface area contributed by atoms with Gasteiger partial charge in [-0.15, -0.1) is 0 Å². The third-order valence-electron chi connectivity index (χ3n) is 6.99. The van der Waals surface area contributed by atoms with E-state index in [1.165, 1.54) is 49.7 Å². The lowest BCUT2D eigenvalue weighted by Crippen LogP contribution is -3.13. The fourth-order valence-electron chi connectivity index (χ4n) is 4.93. The first-order chi connectivity index (χ1) is 17.6. The Morgan fingerprint density at radius 1 is 0.972 bits per heavy atom. The quantitative estimate of drug-likeness (QED) is 0.431. The number of benzene rings is 3. The van der Waals surface area contributed by atoms with E-state index in [0.29, 0.717) is 17.0 Å². The summed E-state index contributed by atoms with van der Waals surface area (Å²) >= 11 is 1.46. The molecule has 3 N–H and O–H groups in total. The minimum absolute atomic E-state index is 0.0497. The van der Waals surface area contributed by atoms with Gasteiger partial charge in [0.2, 0.25) is 0 Å². The minimum atomic E-state index is -0.105. The van der Waals surface area contributed by atoms with Gasteiger partial charge in [-0.25, -0.2) is 0 Å². The average Bonchev–Trinajstić information content (AvgIpc) is 2.91. The highest BCUT2D eigenvalue weighted by molar-refractivity contribution is 8.04. The van der Waals surface area contributed by atoms with Crippen molar-refractivity contribution in [3.8, 4) is 0 Å². The topological polar surface area (TPSA) is 62.6 Å². The van der Waals surface area contributed by atoms with E-state index in [4.69, 9.17) is 0 Å². The van der Waals surface area contributed by atoms with Gasteiger partial charge in [0.1, 0.15) is 0 Å². The zero-order valence-corrected chi connectivity index (χ0v) is 21.2. The molecule has 0 spiro atoms. The van der Waals surface area contributed by atoms with Crippen LogP contribution in [0.5, 0.6) is 0 Å². The first-order valence-electron chi connectivity index (χ1n) is 12.7. The van der Waals surface area contributed by atoms with Gasteiger partial charge in [-0.05, 0) is 66.6 Å². The first kappa shape index (κ1) is 24.3. The van der Waals surface area contributed by atoms with Gasteiger partial charge in [-0.2, -0.15) is 0 Å². The van der Waals surface area contributed by atoms with E-state index in [9.17, 15) is 9.59 Å². The van der Waals surface area contributed by atoms with E-state index in [-0.39, 0.29) is 11.8 Å². The number of hydrogen-bond acceptors (Lipinski definition) is 3. The van der Waals surface area contributed by atoms with Gasteiger partial charge in [0.05, 0.1) is 36.8 Å². The van der Waals surface area contributed by atoms with Crippen LogP contribution < -0.4 is 15.5 Å². The summed E-state index contributed by atoms with van der Waals surface area (Å²) in [6.45, 7) is 3.99. The van der Waals surface area contributed by atoms with Crippen molar-refractivity contribution in [2.75, 3.05) is 31.5 Å². The number of piperidine rings is 1. The van der Waals surface area contributed by atoms with E-state index in [0.717, 1.165) is 28.6 Å². The van der Waals surface area contributed by atoms with Gasteiger partial charge in [-0.1, -0.05) is 66.4 Å². The molecule has 3 aromatic rings. The summed E-state index contributed by atoms with van der Waals surface area (Å²) < 4.78 is 0. The van der Waals surface area contributed by atoms with E-state index < -0.39 is 0 Å². The lowest BCUT2D eigenvalue weighted by molar-refractivity contribution is -0.904. The fraction of sp³-hybridized carbons (Fsp3) is 0.267. The van der Waals surface area contributed by atoms with E-state index >= 15 is 0 Å². The van der Waals surface area contributed by atoms with Gasteiger partial charge in [0.25, 0.3) is 11.8 Å². The van der Waals surface area contributed by atoms with E-state index in [2.05, 4.69) is 41.0 Å². The maximum atomic E-state index is 12.6. The molecule has 6 heteroatoms. The highest BCUT2D eigenvalue weighted by Gasteiger charge is 2.22. The second-order valence-electron chi connectivity index (χ2n) is 9.57. The number of quaternary nitrogens is 1. The van der Waals surface area contributed by atoms with Crippen molar-refractivity contribution in [1.29, 1.82) is 0 Å². The number of rotatable bonds is 7. The van der Waals surface area contributed by atoms with Crippen LogP contribution in [0.15, 0.2) is 88.7 Å². The van der Waals surface area contributed by atoms with E-state index in [1.807, 2.05) is 54.6 Å². The predicted octanol–water partition coefficient (Wildman–Crippen LogP) is 4.04. The van der Waals surface area contributed by atoms with Crippen molar-refractivity contribution >= 4 is 35.3 Å². The molecule has 1 saturated heterocycles. The Kier molecular flexibility index (Phi) is 7.84. The highest BCUT2D eigenvalue weighted by atomic mass is 32.2. The monoisotopic (exact) mass is 498 g/mol. The van der Waals surface area contributed by atoms with Crippen molar-refractivity contribution in [3.05, 3.63) is 100 Å². The smallest absolute Gasteiger partial charge is 0.262 e. The number of thioether (sulfide) groups is 1. The van der Waals surface area contributed by atoms with Gasteiger partial charge in [0.15, 0.2) is 0 Å². The zero-order chi connectivity index (χ0) is 24.7. The van der Waals surface area contributed by atoms with Crippen LogP contribution in [0.25, 0.3) is 6.08 Å². The molecule has 3 aromatic carbocycles. The summed E-state index contributed by atoms with van der Waals surface area (Å²) in [5.41, 5.74) is 3.81. The number of para-hydroxylation sites is 1. The number of carbonyl (C=O) groups is 2. The molecule has 0 atom stereocenters. The maximum absolute atomic E-state index is 12.6. The number of likely N-dealkylation sites (tertiary alicyclic amines) is 1. The number of hydrogen-bond donors (Lipinski definition) is 3. The predicted molar refractivity (Wildman–Crippen MR) is 146 cm³/mol. The molecule has 2 aliphatic rings. The number of carbonyl (C=O) groups excluding carboxylic acids is 2. The summed E-state index contributed by atoms with van der Waals surface area (Å²) in [6, 6.07) is 26.0. The summed E-state index contributed by atoms with van der Waals surface area (Å²) in [5, 5.41) is 6.00. The Labute approximate surface area is 217 Å². The molecular formula is C30H32N3O2S+. The van der Waals surface area contributed by atoms with Crippen LogP contribution in [0.4, 0.5) is 5.69 Å². The number of anilines is 1. The largest absolute Gasteiger partial charge is 0.346 e. The van der Waals surface area contributed by atoms with Crippen LogP contribution >= 0.6 is 11.8 Å². The summed E-state index contributed by atoms with van der Waals surface area (Å²) in [7, 11) is 0. The lowest BCUT2D eigenvalue weighted by atomic mass is 9.90. The molecule has 2 aliphatic heterocycles. The normalized spacial score (nSPS) is 20.4. The molecule has 0 aliphatic carbocycles. The molecule has 0 bridgehead atoms. The molecule has 1 fully saturated rings. The highest BCUT2D eigenvalue weighted by Crippen LogP contribution is 2.38. The van der Waals surface area contributed by atoms with Crippen LogP contribution in [0.1, 0.15) is 34.3 Å². The van der Waals surface area contributed by atoms with Gasteiger partial charge < -0.3 is 15.5 Å². The molecule has 2 amide bonds. The Balaban J connectivity index is 1.07. The van der Waals surface area contributed by atoms with Crippen LogP contribution in [0.3, 0.4) is 0 Å². The molecule has 36 heavy (non-hydrogen) atoms.